The summed E-state index contributed by atoms with van der Waals surface area (Å²) in [5, 5.41) is 13.5. The maximum Gasteiger partial charge on any atom is 0.420 e. The fourth-order valence-corrected chi connectivity index (χ4v) is 3.72. The van der Waals surface area contributed by atoms with Gasteiger partial charge in [0.25, 0.3) is 5.69 Å². The fraction of sp³-hybridized carbons (Fsp3) is 0.263. The summed E-state index contributed by atoms with van der Waals surface area (Å²) < 4.78 is 11.1. The first-order valence-corrected chi connectivity index (χ1v) is 9.82. The Morgan fingerprint density at radius 2 is 2.03 bits per heavy atom. The van der Waals surface area contributed by atoms with Crippen molar-refractivity contribution in [2.45, 2.75) is 33.0 Å². The van der Waals surface area contributed by atoms with Gasteiger partial charge in [0.1, 0.15) is 6.54 Å². The number of non-ortho nitro benzene ring substituents is 1. The Labute approximate surface area is 178 Å². The topological polar surface area (TPSA) is 151 Å². The number of Topliss-reactive ketones (excluding diaryl/α,β-unsaturated/α-hetero) is 1. The third kappa shape index (κ3) is 5.04. The van der Waals surface area contributed by atoms with Crippen LogP contribution in [0, 0.1) is 10.1 Å². The van der Waals surface area contributed by atoms with E-state index in [1.165, 1.54) is 37.3 Å². The van der Waals surface area contributed by atoms with Crippen LogP contribution in [-0.2, 0) is 27.4 Å². The molecule has 1 aromatic carbocycles. The predicted molar refractivity (Wildman–Crippen MR) is 109 cm³/mol. The number of aromatic nitrogens is 1. The van der Waals surface area contributed by atoms with Crippen molar-refractivity contribution in [1.82, 2.24) is 9.88 Å². The molecular weight excluding hydrogens is 430 g/mol. The zero-order valence-electron chi connectivity index (χ0n) is 16.4. The number of hydrogen-bond acceptors (Lipinski definition) is 9. The summed E-state index contributed by atoms with van der Waals surface area (Å²) >= 11 is 1.17. The second kappa shape index (κ2) is 8.92. The number of esters is 1. The minimum Gasteiger partial charge on any atom is -0.453 e. The molecule has 31 heavy (non-hydrogen) atoms. The van der Waals surface area contributed by atoms with Crippen LogP contribution >= 0.6 is 11.3 Å². The molecule has 162 valence electrons. The molecular formula is C19H17N3O8S. The number of benzene rings is 1. The van der Waals surface area contributed by atoms with Crippen LogP contribution in [0.2, 0.25) is 0 Å². The number of nitrogens with zero attached hydrogens (tertiary/aromatic N) is 2. The Morgan fingerprint density at radius 3 is 2.71 bits per heavy atom. The summed E-state index contributed by atoms with van der Waals surface area (Å²) in [5.41, 5.74) is -0.113. The molecule has 1 amide bonds. The first kappa shape index (κ1) is 21.9. The van der Waals surface area contributed by atoms with E-state index in [0.29, 0.717) is 4.88 Å². The number of nitrogens with one attached hydrogen (secondary N) is 1. The number of ether oxygens (including phenoxy) is 1. The molecule has 1 N–H and O–H groups in total. The standard InChI is InChI=1S/C19H17N3O8S/c1-10(18(25)16-6-4-13(31-16)8-20-11(2)23)29-17(24)9-21-14-5-3-12(22(27)28)7-15(14)30-19(21)26/h3-7,10H,8-9H2,1-2H3,(H,20,23). The number of nitro groups is 1. The summed E-state index contributed by atoms with van der Waals surface area (Å²) in [6, 6.07) is 6.83. The van der Waals surface area contributed by atoms with Crippen molar-refractivity contribution in [3.8, 4) is 0 Å². The maximum atomic E-state index is 12.5. The molecule has 1 unspecified atom stereocenters. The summed E-state index contributed by atoms with van der Waals surface area (Å²) in [5.74, 6) is -2.35. The van der Waals surface area contributed by atoms with Crippen LogP contribution < -0.4 is 11.1 Å². The van der Waals surface area contributed by atoms with E-state index in [2.05, 4.69) is 5.32 Å². The van der Waals surface area contributed by atoms with Crippen molar-refractivity contribution in [2.75, 3.05) is 0 Å². The van der Waals surface area contributed by atoms with Gasteiger partial charge in [0.05, 0.1) is 27.9 Å². The van der Waals surface area contributed by atoms with Crippen molar-refractivity contribution in [2.24, 2.45) is 0 Å². The normalized spacial score (nSPS) is 11.8. The van der Waals surface area contributed by atoms with Crippen LogP contribution in [0.5, 0.6) is 0 Å². The van der Waals surface area contributed by atoms with Crippen LogP contribution in [-0.4, -0.2) is 33.3 Å². The molecule has 0 radical (unpaired) electrons. The smallest absolute Gasteiger partial charge is 0.420 e. The SMILES string of the molecule is CC(=O)NCc1ccc(C(=O)C(C)OC(=O)Cn2c(=O)oc3cc([N+](=O)[O-])ccc32)s1. The molecule has 2 heterocycles. The summed E-state index contributed by atoms with van der Waals surface area (Å²) in [6.07, 6.45) is -1.10. The Bertz CT molecular complexity index is 1240. The van der Waals surface area contributed by atoms with Gasteiger partial charge >= 0.3 is 11.7 Å². The molecule has 3 rings (SSSR count). The van der Waals surface area contributed by atoms with Crippen LogP contribution in [0.25, 0.3) is 11.1 Å². The van der Waals surface area contributed by atoms with Gasteiger partial charge in [0.15, 0.2) is 11.7 Å². The third-order valence-corrected chi connectivity index (χ3v) is 5.34. The van der Waals surface area contributed by atoms with Crippen LogP contribution in [0.3, 0.4) is 0 Å². The monoisotopic (exact) mass is 447 g/mol. The molecule has 0 aliphatic carbocycles. The third-order valence-electron chi connectivity index (χ3n) is 4.24. The number of hydrogen-bond donors (Lipinski definition) is 1. The van der Waals surface area contributed by atoms with Gasteiger partial charge in [-0.2, -0.15) is 0 Å². The molecule has 0 saturated carbocycles. The molecule has 1 atom stereocenters. The molecule has 0 spiro atoms. The molecule has 0 saturated heterocycles. The lowest BCUT2D eigenvalue weighted by Crippen LogP contribution is -2.28. The lowest BCUT2D eigenvalue weighted by atomic mass is 10.2. The number of carbonyl (C=O) groups excluding carboxylic acids is 3. The number of carbonyl (C=O) groups is 3. The molecule has 0 fully saturated rings. The van der Waals surface area contributed by atoms with Crippen LogP contribution in [0.4, 0.5) is 5.69 Å². The van der Waals surface area contributed by atoms with E-state index in [0.717, 1.165) is 15.5 Å². The summed E-state index contributed by atoms with van der Waals surface area (Å²) in [6.45, 7) is 2.56. The van der Waals surface area contributed by atoms with Crippen LogP contribution in [0.15, 0.2) is 39.5 Å². The lowest BCUT2D eigenvalue weighted by Gasteiger charge is -2.11. The van der Waals surface area contributed by atoms with E-state index >= 15 is 0 Å². The van der Waals surface area contributed by atoms with Gasteiger partial charge in [-0.25, -0.2) is 4.79 Å². The van der Waals surface area contributed by atoms with Gasteiger partial charge in [0.2, 0.25) is 11.7 Å². The van der Waals surface area contributed by atoms with Gasteiger partial charge < -0.3 is 14.5 Å². The fourth-order valence-electron chi connectivity index (χ4n) is 2.75. The molecule has 3 aromatic rings. The second-order valence-corrected chi connectivity index (χ2v) is 7.70. The Hall–Kier alpha value is -3.80. The first-order valence-electron chi connectivity index (χ1n) is 9.00. The molecule has 12 heteroatoms. The molecule has 0 aliphatic heterocycles. The summed E-state index contributed by atoms with van der Waals surface area (Å²) in [4.78, 5) is 59.1. The average molecular weight is 447 g/mol. The highest BCUT2D eigenvalue weighted by Crippen LogP contribution is 2.21. The zero-order chi connectivity index (χ0) is 22.7. The number of thiophene rings is 1. The van der Waals surface area contributed by atoms with Gasteiger partial charge in [-0.15, -0.1) is 11.3 Å². The number of oxazole rings is 1. The Kier molecular flexibility index (Phi) is 6.30. The van der Waals surface area contributed by atoms with Gasteiger partial charge in [-0.3, -0.25) is 29.1 Å². The first-order chi connectivity index (χ1) is 14.7. The highest BCUT2D eigenvalue weighted by atomic mass is 32.1. The highest BCUT2D eigenvalue weighted by Gasteiger charge is 2.23. The minimum atomic E-state index is -1.10. The molecule has 2 aromatic heterocycles. The number of amides is 1. The minimum absolute atomic E-state index is 0.0404. The van der Waals surface area contributed by atoms with E-state index in [9.17, 15) is 29.3 Å². The van der Waals surface area contributed by atoms with Crippen molar-refractivity contribution in [1.29, 1.82) is 0 Å². The van der Waals surface area contributed by atoms with Crippen molar-refractivity contribution in [3.05, 3.63) is 60.8 Å². The molecule has 0 aliphatic rings. The van der Waals surface area contributed by atoms with Crippen LogP contribution in [0.1, 0.15) is 28.4 Å². The van der Waals surface area contributed by atoms with Gasteiger partial charge in [0, 0.05) is 17.9 Å². The Morgan fingerprint density at radius 1 is 1.29 bits per heavy atom. The summed E-state index contributed by atoms with van der Waals surface area (Å²) in [7, 11) is 0. The van der Waals surface area contributed by atoms with Crippen molar-refractivity contribution >= 4 is 45.8 Å². The quantitative estimate of drug-likeness (QED) is 0.238. The lowest BCUT2D eigenvalue weighted by molar-refractivity contribution is -0.384. The van der Waals surface area contributed by atoms with E-state index in [1.54, 1.807) is 12.1 Å². The molecule has 11 nitrogen and oxygen atoms in total. The zero-order valence-corrected chi connectivity index (χ0v) is 17.3. The van der Waals surface area contributed by atoms with Gasteiger partial charge in [-0.05, 0) is 25.1 Å². The van der Waals surface area contributed by atoms with Crippen molar-refractivity contribution in [3.63, 3.8) is 0 Å². The number of fused-ring (bicyclic) bond motifs is 1. The highest BCUT2D eigenvalue weighted by molar-refractivity contribution is 7.14. The van der Waals surface area contributed by atoms with E-state index in [4.69, 9.17) is 9.15 Å². The Balaban J connectivity index is 1.67. The number of ketones is 1. The largest absolute Gasteiger partial charge is 0.453 e. The van der Waals surface area contributed by atoms with E-state index in [1.807, 2.05) is 0 Å². The number of nitro benzene ring substituents is 1. The molecule has 0 bridgehead atoms. The second-order valence-electron chi connectivity index (χ2n) is 6.54. The van der Waals surface area contributed by atoms with E-state index in [-0.39, 0.29) is 29.2 Å². The number of rotatable bonds is 8. The van der Waals surface area contributed by atoms with Crippen molar-refractivity contribution < 1.29 is 28.5 Å². The average Bonchev–Trinajstić information content (AvgIpc) is 3.30. The van der Waals surface area contributed by atoms with Gasteiger partial charge in [-0.1, -0.05) is 0 Å². The predicted octanol–water partition coefficient (Wildman–Crippen LogP) is 2.01. The van der Waals surface area contributed by atoms with E-state index < -0.39 is 35.1 Å². The maximum absolute atomic E-state index is 12.5.